The molecule has 1 heterocycles. The molecule has 0 N–H and O–H groups in total. The SMILES string of the molecule is CCCCCC(=O)c1cc2c(cc1Cl)OCCO2. The lowest BCUT2D eigenvalue weighted by molar-refractivity contribution is 0.0978. The highest BCUT2D eigenvalue weighted by molar-refractivity contribution is 6.34. The molecule has 0 atom stereocenters. The molecule has 3 nitrogen and oxygen atoms in total. The zero-order valence-electron chi connectivity index (χ0n) is 10.5. The largest absolute Gasteiger partial charge is 0.486 e. The highest BCUT2D eigenvalue weighted by atomic mass is 35.5. The molecule has 98 valence electrons. The summed E-state index contributed by atoms with van der Waals surface area (Å²) in [6, 6.07) is 3.37. The van der Waals surface area contributed by atoms with Crippen molar-refractivity contribution in [2.24, 2.45) is 0 Å². The van der Waals surface area contributed by atoms with E-state index in [-0.39, 0.29) is 5.78 Å². The number of benzene rings is 1. The van der Waals surface area contributed by atoms with Crippen molar-refractivity contribution >= 4 is 17.4 Å². The van der Waals surface area contributed by atoms with E-state index in [0.29, 0.717) is 41.7 Å². The van der Waals surface area contributed by atoms with Crippen LogP contribution < -0.4 is 9.47 Å². The Labute approximate surface area is 112 Å². The van der Waals surface area contributed by atoms with Crippen LogP contribution in [-0.2, 0) is 0 Å². The molecule has 0 unspecified atom stereocenters. The third-order valence-electron chi connectivity index (χ3n) is 2.94. The Morgan fingerprint density at radius 1 is 1.22 bits per heavy atom. The normalized spacial score (nSPS) is 13.4. The molecule has 0 saturated carbocycles. The molecule has 1 aromatic rings. The van der Waals surface area contributed by atoms with Gasteiger partial charge in [-0.25, -0.2) is 0 Å². The van der Waals surface area contributed by atoms with Gasteiger partial charge in [-0.2, -0.15) is 0 Å². The Balaban J connectivity index is 2.14. The summed E-state index contributed by atoms with van der Waals surface area (Å²) in [6.45, 7) is 3.15. The quantitative estimate of drug-likeness (QED) is 0.601. The number of ether oxygens (including phenoxy) is 2. The Morgan fingerprint density at radius 2 is 1.89 bits per heavy atom. The van der Waals surface area contributed by atoms with Crippen molar-refractivity contribution in [3.8, 4) is 11.5 Å². The molecule has 0 spiro atoms. The Kier molecular flexibility index (Phi) is 4.48. The second-order valence-corrected chi connectivity index (χ2v) is 4.76. The number of unbranched alkanes of at least 4 members (excludes halogenated alkanes) is 2. The van der Waals surface area contributed by atoms with Crippen molar-refractivity contribution in [1.82, 2.24) is 0 Å². The van der Waals surface area contributed by atoms with Gasteiger partial charge < -0.3 is 9.47 Å². The van der Waals surface area contributed by atoms with Crippen molar-refractivity contribution in [3.63, 3.8) is 0 Å². The summed E-state index contributed by atoms with van der Waals surface area (Å²) in [6.07, 6.45) is 3.60. The van der Waals surface area contributed by atoms with Crippen LogP contribution in [0.1, 0.15) is 43.0 Å². The van der Waals surface area contributed by atoms with Gasteiger partial charge in [0.1, 0.15) is 13.2 Å². The third kappa shape index (κ3) is 2.96. The molecule has 0 radical (unpaired) electrons. The lowest BCUT2D eigenvalue weighted by Crippen LogP contribution is -2.16. The van der Waals surface area contributed by atoms with Gasteiger partial charge in [-0.3, -0.25) is 4.79 Å². The molecule has 1 aromatic carbocycles. The Bertz CT molecular complexity index is 443. The Morgan fingerprint density at radius 3 is 2.56 bits per heavy atom. The molecule has 0 amide bonds. The maximum atomic E-state index is 12.0. The summed E-state index contributed by atoms with van der Waals surface area (Å²) in [7, 11) is 0. The summed E-state index contributed by atoms with van der Waals surface area (Å²) in [5.74, 6) is 1.31. The molecule has 18 heavy (non-hydrogen) atoms. The number of halogens is 1. The first kappa shape index (κ1) is 13.2. The molecule has 1 aliphatic rings. The topological polar surface area (TPSA) is 35.5 Å². The van der Waals surface area contributed by atoms with Crippen LogP contribution in [0.4, 0.5) is 0 Å². The van der Waals surface area contributed by atoms with Crippen LogP contribution in [0.2, 0.25) is 5.02 Å². The van der Waals surface area contributed by atoms with E-state index in [1.54, 1.807) is 12.1 Å². The zero-order valence-corrected chi connectivity index (χ0v) is 11.3. The van der Waals surface area contributed by atoms with Gasteiger partial charge in [0, 0.05) is 18.1 Å². The first-order valence-corrected chi connectivity index (χ1v) is 6.72. The van der Waals surface area contributed by atoms with Crippen LogP contribution in [-0.4, -0.2) is 19.0 Å². The summed E-state index contributed by atoms with van der Waals surface area (Å²) < 4.78 is 10.9. The molecule has 0 aromatic heterocycles. The van der Waals surface area contributed by atoms with Crippen LogP contribution in [0.25, 0.3) is 0 Å². The molecule has 1 aliphatic heterocycles. The van der Waals surface area contributed by atoms with Crippen molar-refractivity contribution in [2.75, 3.05) is 13.2 Å². The minimum absolute atomic E-state index is 0.0745. The molecule has 4 heteroatoms. The molecular formula is C14H17ClO3. The average molecular weight is 269 g/mol. The first-order valence-electron chi connectivity index (χ1n) is 6.34. The lowest BCUT2D eigenvalue weighted by Gasteiger charge is -2.19. The van der Waals surface area contributed by atoms with Crippen molar-refractivity contribution < 1.29 is 14.3 Å². The van der Waals surface area contributed by atoms with Crippen LogP contribution in [0, 0.1) is 0 Å². The molecule has 2 rings (SSSR count). The van der Waals surface area contributed by atoms with Gasteiger partial charge in [-0.15, -0.1) is 0 Å². The van der Waals surface area contributed by atoms with E-state index in [4.69, 9.17) is 21.1 Å². The van der Waals surface area contributed by atoms with Crippen molar-refractivity contribution in [1.29, 1.82) is 0 Å². The van der Waals surface area contributed by atoms with Gasteiger partial charge in [-0.1, -0.05) is 31.4 Å². The zero-order chi connectivity index (χ0) is 13.0. The standard InChI is InChI=1S/C14H17ClO3/c1-2-3-4-5-12(16)10-8-13-14(9-11(10)15)18-7-6-17-13/h8-9H,2-7H2,1H3. The lowest BCUT2D eigenvalue weighted by atomic mass is 10.0. The van der Waals surface area contributed by atoms with Crippen molar-refractivity contribution in [2.45, 2.75) is 32.6 Å². The van der Waals surface area contributed by atoms with Crippen LogP contribution in [0.15, 0.2) is 12.1 Å². The van der Waals surface area contributed by atoms with Gasteiger partial charge in [-0.05, 0) is 12.5 Å². The highest BCUT2D eigenvalue weighted by Gasteiger charge is 2.18. The number of ketones is 1. The van der Waals surface area contributed by atoms with Gasteiger partial charge in [0.2, 0.25) is 0 Å². The predicted octanol–water partition coefficient (Wildman–Crippen LogP) is 3.87. The molecular weight excluding hydrogens is 252 g/mol. The summed E-state index contributed by atoms with van der Waals surface area (Å²) in [4.78, 5) is 12.0. The van der Waals surface area contributed by atoms with Crippen LogP contribution in [0.5, 0.6) is 11.5 Å². The van der Waals surface area contributed by atoms with Gasteiger partial charge in [0.05, 0.1) is 5.02 Å². The second kappa shape index (κ2) is 6.10. The van der Waals surface area contributed by atoms with Crippen molar-refractivity contribution in [3.05, 3.63) is 22.7 Å². The minimum atomic E-state index is 0.0745. The Hall–Kier alpha value is -1.22. The number of carbonyl (C=O) groups is 1. The third-order valence-corrected chi connectivity index (χ3v) is 3.25. The summed E-state index contributed by atoms with van der Waals surface area (Å²) >= 11 is 6.11. The number of hydrogen-bond acceptors (Lipinski definition) is 3. The van der Waals surface area contributed by atoms with Gasteiger partial charge in [0.15, 0.2) is 17.3 Å². The average Bonchev–Trinajstić information content (AvgIpc) is 2.38. The number of fused-ring (bicyclic) bond motifs is 1. The maximum absolute atomic E-state index is 12.0. The first-order chi connectivity index (χ1) is 8.72. The van der Waals surface area contributed by atoms with E-state index >= 15 is 0 Å². The second-order valence-electron chi connectivity index (χ2n) is 4.36. The van der Waals surface area contributed by atoms with E-state index in [0.717, 1.165) is 19.3 Å². The number of carbonyl (C=O) groups excluding carboxylic acids is 1. The van der Waals surface area contributed by atoms with E-state index in [9.17, 15) is 4.79 Å². The van der Waals surface area contributed by atoms with E-state index in [1.165, 1.54) is 0 Å². The highest BCUT2D eigenvalue weighted by Crippen LogP contribution is 2.35. The van der Waals surface area contributed by atoms with E-state index in [1.807, 2.05) is 0 Å². The summed E-state index contributed by atoms with van der Waals surface area (Å²) in [5.41, 5.74) is 0.539. The number of hydrogen-bond donors (Lipinski definition) is 0. The van der Waals surface area contributed by atoms with Crippen LogP contribution in [0.3, 0.4) is 0 Å². The monoisotopic (exact) mass is 268 g/mol. The molecule has 0 saturated heterocycles. The minimum Gasteiger partial charge on any atom is -0.486 e. The summed E-state index contributed by atoms with van der Waals surface area (Å²) in [5, 5.41) is 0.445. The maximum Gasteiger partial charge on any atom is 0.164 e. The number of Topliss-reactive ketones (excluding diaryl/α,β-unsaturated/α-hetero) is 1. The number of rotatable bonds is 5. The van der Waals surface area contributed by atoms with E-state index in [2.05, 4.69) is 6.92 Å². The molecule has 0 fully saturated rings. The van der Waals surface area contributed by atoms with Crippen LogP contribution >= 0.6 is 11.6 Å². The van der Waals surface area contributed by atoms with E-state index < -0.39 is 0 Å². The molecule has 0 aliphatic carbocycles. The van der Waals surface area contributed by atoms with Gasteiger partial charge in [0.25, 0.3) is 0 Å². The van der Waals surface area contributed by atoms with Gasteiger partial charge >= 0.3 is 0 Å². The fourth-order valence-corrected chi connectivity index (χ4v) is 2.21. The smallest absolute Gasteiger partial charge is 0.164 e. The fraction of sp³-hybridized carbons (Fsp3) is 0.500. The molecule has 0 bridgehead atoms. The predicted molar refractivity (Wildman–Crippen MR) is 70.9 cm³/mol. The fourth-order valence-electron chi connectivity index (χ4n) is 1.95.